The van der Waals surface area contributed by atoms with Gasteiger partial charge >= 0.3 is 0 Å². The van der Waals surface area contributed by atoms with Crippen molar-refractivity contribution in [2.75, 3.05) is 0 Å². The average molecular weight is 194 g/mol. The fourth-order valence-corrected chi connectivity index (χ4v) is 1.58. The van der Waals surface area contributed by atoms with Crippen LogP contribution in [-0.2, 0) is 13.0 Å². The van der Waals surface area contributed by atoms with Gasteiger partial charge in [-0.1, -0.05) is 13.8 Å². The summed E-state index contributed by atoms with van der Waals surface area (Å²) in [4.78, 5) is 11.3. The summed E-state index contributed by atoms with van der Waals surface area (Å²) in [6, 6.07) is 0. The Morgan fingerprint density at radius 3 is 2.64 bits per heavy atom. The molecule has 0 saturated carbocycles. The molecule has 3 nitrogen and oxygen atoms in total. The van der Waals surface area contributed by atoms with Crippen LogP contribution >= 0.6 is 0 Å². The van der Waals surface area contributed by atoms with Gasteiger partial charge in [-0.05, 0) is 26.2 Å². The van der Waals surface area contributed by atoms with Gasteiger partial charge in [-0.2, -0.15) is 5.10 Å². The number of ketones is 1. The second-order valence-corrected chi connectivity index (χ2v) is 3.97. The number of carbonyl (C=O) groups excluding carboxylic acids is 1. The van der Waals surface area contributed by atoms with E-state index < -0.39 is 0 Å². The molecule has 1 aromatic heterocycles. The number of carbonyl (C=O) groups is 1. The van der Waals surface area contributed by atoms with E-state index in [2.05, 4.69) is 18.9 Å². The minimum absolute atomic E-state index is 0.111. The lowest BCUT2D eigenvalue weighted by Gasteiger charge is -2.08. The summed E-state index contributed by atoms with van der Waals surface area (Å²) in [5.41, 5.74) is 1.86. The molecule has 0 aliphatic heterocycles. The van der Waals surface area contributed by atoms with Crippen molar-refractivity contribution in [1.82, 2.24) is 9.78 Å². The number of hydrogen-bond acceptors (Lipinski definition) is 2. The molecule has 0 aromatic carbocycles. The summed E-state index contributed by atoms with van der Waals surface area (Å²) >= 11 is 0. The lowest BCUT2D eigenvalue weighted by atomic mass is 10.0. The molecule has 0 amide bonds. The standard InChI is InChI=1S/C11H18N2O/c1-5-13-11(6-8(2)3)10(7-12-13)9(4)14/h7-8H,5-6H2,1-4H3. The van der Waals surface area contributed by atoms with Crippen molar-refractivity contribution in [3.8, 4) is 0 Å². The number of Topliss-reactive ketones (excluding diaryl/α,β-unsaturated/α-hetero) is 1. The van der Waals surface area contributed by atoms with Crippen LogP contribution in [0, 0.1) is 5.92 Å². The van der Waals surface area contributed by atoms with Crippen LogP contribution in [0.15, 0.2) is 6.20 Å². The van der Waals surface area contributed by atoms with E-state index in [-0.39, 0.29) is 5.78 Å². The van der Waals surface area contributed by atoms with Crippen molar-refractivity contribution in [3.63, 3.8) is 0 Å². The van der Waals surface area contributed by atoms with Crippen molar-refractivity contribution >= 4 is 5.78 Å². The van der Waals surface area contributed by atoms with Gasteiger partial charge in [0.25, 0.3) is 0 Å². The van der Waals surface area contributed by atoms with Gasteiger partial charge in [-0.3, -0.25) is 9.48 Å². The molecule has 0 atom stereocenters. The average Bonchev–Trinajstić information content (AvgIpc) is 2.46. The topological polar surface area (TPSA) is 34.9 Å². The Morgan fingerprint density at radius 1 is 1.57 bits per heavy atom. The minimum atomic E-state index is 0.111. The van der Waals surface area contributed by atoms with E-state index in [1.807, 2.05) is 11.6 Å². The van der Waals surface area contributed by atoms with Gasteiger partial charge in [0, 0.05) is 12.2 Å². The Labute approximate surface area is 85.1 Å². The zero-order chi connectivity index (χ0) is 10.7. The molecule has 1 heterocycles. The van der Waals surface area contributed by atoms with Crippen LogP contribution in [0.3, 0.4) is 0 Å². The molecule has 0 saturated heterocycles. The van der Waals surface area contributed by atoms with E-state index >= 15 is 0 Å². The Bertz CT molecular complexity index is 326. The fraction of sp³-hybridized carbons (Fsp3) is 0.636. The van der Waals surface area contributed by atoms with Gasteiger partial charge in [0.2, 0.25) is 0 Å². The van der Waals surface area contributed by atoms with Crippen molar-refractivity contribution in [1.29, 1.82) is 0 Å². The molecule has 0 spiro atoms. The maximum absolute atomic E-state index is 11.3. The van der Waals surface area contributed by atoms with Crippen LogP contribution in [0.1, 0.15) is 43.7 Å². The van der Waals surface area contributed by atoms with Crippen LogP contribution < -0.4 is 0 Å². The van der Waals surface area contributed by atoms with Gasteiger partial charge in [0.1, 0.15) is 0 Å². The van der Waals surface area contributed by atoms with Gasteiger partial charge in [0.15, 0.2) is 5.78 Å². The lowest BCUT2D eigenvalue weighted by molar-refractivity contribution is 0.101. The third-order valence-corrected chi connectivity index (χ3v) is 2.23. The van der Waals surface area contributed by atoms with Crippen molar-refractivity contribution in [2.24, 2.45) is 5.92 Å². The molecule has 0 bridgehead atoms. The molecule has 14 heavy (non-hydrogen) atoms. The van der Waals surface area contributed by atoms with Crippen LogP contribution in [0.25, 0.3) is 0 Å². The molecule has 3 heteroatoms. The lowest BCUT2D eigenvalue weighted by Crippen LogP contribution is -2.09. The summed E-state index contributed by atoms with van der Waals surface area (Å²) in [5.74, 6) is 0.662. The van der Waals surface area contributed by atoms with E-state index in [4.69, 9.17) is 0 Å². The summed E-state index contributed by atoms with van der Waals surface area (Å²) in [6.45, 7) is 8.77. The zero-order valence-electron chi connectivity index (χ0n) is 9.37. The molecule has 78 valence electrons. The Hall–Kier alpha value is -1.12. The van der Waals surface area contributed by atoms with Gasteiger partial charge in [-0.25, -0.2) is 0 Å². The molecule has 0 radical (unpaired) electrons. The highest BCUT2D eigenvalue weighted by molar-refractivity contribution is 5.94. The normalized spacial score (nSPS) is 10.9. The van der Waals surface area contributed by atoms with E-state index in [9.17, 15) is 4.79 Å². The third-order valence-electron chi connectivity index (χ3n) is 2.23. The number of rotatable bonds is 4. The SMILES string of the molecule is CCn1ncc(C(C)=O)c1CC(C)C. The largest absolute Gasteiger partial charge is 0.294 e. The van der Waals surface area contributed by atoms with E-state index in [0.717, 1.165) is 24.2 Å². The first-order chi connectivity index (χ1) is 6.56. The molecular weight excluding hydrogens is 176 g/mol. The van der Waals surface area contributed by atoms with Crippen LogP contribution in [0.5, 0.6) is 0 Å². The molecule has 1 rings (SSSR count). The molecular formula is C11H18N2O. The quantitative estimate of drug-likeness (QED) is 0.689. The van der Waals surface area contributed by atoms with Crippen LogP contribution in [0.4, 0.5) is 0 Å². The predicted octanol–water partition coefficient (Wildman–Crippen LogP) is 2.30. The molecule has 0 unspecified atom stereocenters. The Morgan fingerprint density at radius 2 is 2.21 bits per heavy atom. The summed E-state index contributed by atoms with van der Waals surface area (Å²) in [5, 5.41) is 4.20. The first kappa shape index (κ1) is 11.0. The maximum atomic E-state index is 11.3. The third kappa shape index (κ3) is 2.22. The summed E-state index contributed by atoms with van der Waals surface area (Å²) < 4.78 is 1.91. The van der Waals surface area contributed by atoms with Gasteiger partial charge < -0.3 is 0 Å². The van der Waals surface area contributed by atoms with Gasteiger partial charge in [0.05, 0.1) is 11.8 Å². The second-order valence-electron chi connectivity index (χ2n) is 3.97. The molecule has 0 fully saturated rings. The highest BCUT2D eigenvalue weighted by atomic mass is 16.1. The van der Waals surface area contributed by atoms with Crippen molar-refractivity contribution in [2.45, 2.75) is 40.7 Å². The number of aromatic nitrogens is 2. The molecule has 0 aliphatic carbocycles. The van der Waals surface area contributed by atoms with E-state index in [1.165, 1.54) is 0 Å². The highest BCUT2D eigenvalue weighted by Gasteiger charge is 2.14. The number of hydrogen-bond donors (Lipinski definition) is 0. The Kier molecular flexibility index (Phi) is 3.44. The van der Waals surface area contributed by atoms with Crippen LogP contribution in [-0.4, -0.2) is 15.6 Å². The van der Waals surface area contributed by atoms with Gasteiger partial charge in [-0.15, -0.1) is 0 Å². The molecule has 1 aromatic rings. The smallest absolute Gasteiger partial charge is 0.163 e. The number of nitrogens with zero attached hydrogens (tertiary/aromatic N) is 2. The van der Waals surface area contributed by atoms with Crippen LogP contribution in [0.2, 0.25) is 0 Å². The fourth-order valence-electron chi connectivity index (χ4n) is 1.58. The maximum Gasteiger partial charge on any atom is 0.163 e. The monoisotopic (exact) mass is 194 g/mol. The van der Waals surface area contributed by atoms with E-state index in [0.29, 0.717) is 5.92 Å². The first-order valence-electron chi connectivity index (χ1n) is 5.11. The minimum Gasteiger partial charge on any atom is -0.294 e. The van der Waals surface area contributed by atoms with E-state index in [1.54, 1.807) is 13.1 Å². The highest BCUT2D eigenvalue weighted by Crippen LogP contribution is 2.14. The second kappa shape index (κ2) is 4.40. The number of aryl methyl sites for hydroxylation is 1. The first-order valence-corrected chi connectivity index (χ1v) is 5.11. The van der Waals surface area contributed by atoms with Crippen molar-refractivity contribution in [3.05, 3.63) is 17.5 Å². The Balaban J connectivity index is 3.06. The molecule has 0 N–H and O–H groups in total. The summed E-state index contributed by atoms with van der Waals surface area (Å²) in [6.07, 6.45) is 2.60. The molecule has 0 aliphatic rings. The summed E-state index contributed by atoms with van der Waals surface area (Å²) in [7, 11) is 0. The predicted molar refractivity (Wildman–Crippen MR) is 56.4 cm³/mol. The van der Waals surface area contributed by atoms with Crippen molar-refractivity contribution < 1.29 is 4.79 Å². The zero-order valence-corrected chi connectivity index (χ0v) is 9.37.